The molecule has 0 radical (unpaired) electrons. The van der Waals surface area contributed by atoms with E-state index in [0.29, 0.717) is 30.2 Å². The zero-order valence-corrected chi connectivity index (χ0v) is 22.8. The van der Waals surface area contributed by atoms with Gasteiger partial charge in [0.25, 0.3) is 0 Å². The SMILES string of the molecule is C=N/C(=C\C=C(/C)NC(=O)Cc1ccccc1)OC1CCN(c2ccc(NC(=O)Cc3ccccc3)nc2)CC1. The van der Waals surface area contributed by atoms with Gasteiger partial charge in [-0.15, -0.1) is 0 Å². The van der Waals surface area contributed by atoms with Crippen LogP contribution in [0.3, 0.4) is 0 Å². The van der Waals surface area contributed by atoms with Crippen molar-refractivity contribution in [1.82, 2.24) is 10.3 Å². The summed E-state index contributed by atoms with van der Waals surface area (Å²) in [5.74, 6) is 0.789. The first-order valence-electron chi connectivity index (χ1n) is 13.4. The van der Waals surface area contributed by atoms with Crippen LogP contribution in [0.25, 0.3) is 0 Å². The minimum atomic E-state index is -0.0938. The molecule has 8 heteroatoms. The second kappa shape index (κ2) is 14.4. The third-order valence-corrected chi connectivity index (χ3v) is 6.49. The zero-order valence-electron chi connectivity index (χ0n) is 22.8. The van der Waals surface area contributed by atoms with E-state index in [4.69, 9.17) is 4.74 Å². The average Bonchev–Trinajstić information content (AvgIpc) is 2.97. The molecule has 3 aromatic rings. The number of ether oxygens (including phenoxy) is 1. The normalized spacial score (nSPS) is 14.4. The van der Waals surface area contributed by atoms with Crippen LogP contribution in [-0.4, -0.2) is 42.7 Å². The van der Waals surface area contributed by atoms with E-state index in [0.717, 1.165) is 42.7 Å². The van der Waals surface area contributed by atoms with Gasteiger partial charge in [-0.1, -0.05) is 60.7 Å². The number of hydrogen-bond donors (Lipinski definition) is 2. The highest BCUT2D eigenvalue weighted by Gasteiger charge is 2.21. The molecule has 1 aromatic heterocycles. The maximum atomic E-state index is 12.3. The monoisotopic (exact) mass is 537 g/mol. The van der Waals surface area contributed by atoms with E-state index in [-0.39, 0.29) is 17.9 Å². The molecule has 2 N–H and O–H groups in total. The number of nitrogens with one attached hydrogen (secondary N) is 2. The van der Waals surface area contributed by atoms with E-state index >= 15 is 0 Å². The number of carbonyl (C=O) groups is 2. The molecule has 2 heterocycles. The first kappa shape index (κ1) is 28.3. The number of hydrogen-bond acceptors (Lipinski definition) is 6. The molecule has 1 aliphatic rings. The Bertz CT molecular complexity index is 1330. The summed E-state index contributed by atoms with van der Waals surface area (Å²) in [6, 6.07) is 23.0. The molecule has 1 aliphatic heterocycles. The number of aliphatic imine (C=N–C) groups is 1. The van der Waals surface area contributed by atoms with Crippen LogP contribution in [-0.2, 0) is 27.2 Å². The molecule has 0 saturated carbocycles. The molecule has 2 amide bonds. The topological polar surface area (TPSA) is 95.9 Å². The van der Waals surface area contributed by atoms with Crippen LogP contribution in [0, 0.1) is 0 Å². The lowest BCUT2D eigenvalue weighted by atomic mass is 10.1. The van der Waals surface area contributed by atoms with Gasteiger partial charge in [0.05, 0.1) is 24.7 Å². The Hall–Kier alpha value is -4.72. The van der Waals surface area contributed by atoms with E-state index in [1.54, 1.807) is 18.3 Å². The quantitative estimate of drug-likeness (QED) is 0.203. The van der Waals surface area contributed by atoms with Gasteiger partial charge in [0.2, 0.25) is 17.7 Å². The molecule has 40 heavy (non-hydrogen) atoms. The van der Waals surface area contributed by atoms with Crippen molar-refractivity contribution in [3.05, 3.63) is 114 Å². The molecular weight excluding hydrogens is 502 g/mol. The fourth-order valence-corrected chi connectivity index (χ4v) is 4.43. The summed E-state index contributed by atoms with van der Waals surface area (Å²) < 4.78 is 6.07. The van der Waals surface area contributed by atoms with E-state index in [2.05, 4.69) is 32.2 Å². The summed E-state index contributed by atoms with van der Waals surface area (Å²) in [6.45, 7) is 7.07. The van der Waals surface area contributed by atoms with Crippen LogP contribution >= 0.6 is 0 Å². The van der Waals surface area contributed by atoms with Gasteiger partial charge in [0.1, 0.15) is 11.9 Å². The van der Waals surface area contributed by atoms with E-state index < -0.39 is 0 Å². The number of allylic oxidation sites excluding steroid dienone is 3. The van der Waals surface area contributed by atoms with Crippen molar-refractivity contribution >= 4 is 30.0 Å². The molecule has 1 fully saturated rings. The summed E-state index contributed by atoms with van der Waals surface area (Å²) in [5, 5.41) is 5.74. The van der Waals surface area contributed by atoms with E-state index in [1.807, 2.05) is 79.7 Å². The number of pyridine rings is 1. The van der Waals surface area contributed by atoms with Crippen molar-refractivity contribution < 1.29 is 14.3 Å². The van der Waals surface area contributed by atoms with Crippen molar-refractivity contribution in [2.45, 2.75) is 38.7 Å². The maximum absolute atomic E-state index is 12.3. The third-order valence-electron chi connectivity index (χ3n) is 6.49. The molecule has 0 bridgehead atoms. The van der Waals surface area contributed by atoms with Crippen molar-refractivity contribution in [2.24, 2.45) is 4.99 Å². The molecule has 0 atom stereocenters. The number of amides is 2. The molecule has 2 aromatic carbocycles. The summed E-state index contributed by atoms with van der Waals surface area (Å²) in [4.78, 5) is 35.3. The van der Waals surface area contributed by atoms with E-state index in [9.17, 15) is 9.59 Å². The van der Waals surface area contributed by atoms with Crippen molar-refractivity contribution in [1.29, 1.82) is 0 Å². The second-order valence-electron chi connectivity index (χ2n) is 9.64. The number of aromatic nitrogens is 1. The lowest BCUT2D eigenvalue weighted by Gasteiger charge is -2.33. The predicted molar refractivity (Wildman–Crippen MR) is 159 cm³/mol. The summed E-state index contributed by atoms with van der Waals surface area (Å²) in [7, 11) is 0. The smallest absolute Gasteiger partial charge is 0.229 e. The van der Waals surface area contributed by atoms with Gasteiger partial charge >= 0.3 is 0 Å². The molecule has 206 valence electrons. The number of nitrogens with zero attached hydrogens (tertiary/aromatic N) is 3. The fourth-order valence-electron chi connectivity index (χ4n) is 4.43. The minimum Gasteiger partial charge on any atom is -0.474 e. The van der Waals surface area contributed by atoms with Crippen LogP contribution in [0.2, 0.25) is 0 Å². The van der Waals surface area contributed by atoms with E-state index in [1.165, 1.54) is 0 Å². The Morgan fingerprint density at radius 2 is 1.57 bits per heavy atom. The minimum absolute atomic E-state index is 0.0129. The van der Waals surface area contributed by atoms with Crippen molar-refractivity contribution in [2.75, 3.05) is 23.3 Å². The molecule has 1 saturated heterocycles. The molecule has 0 aliphatic carbocycles. The largest absolute Gasteiger partial charge is 0.474 e. The lowest BCUT2D eigenvalue weighted by Crippen LogP contribution is -2.37. The van der Waals surface area contributed by atoms with Crippen LogP contribution in [0.1, 0.15) is 30.9 Å². The Morgan fingerprint density at radius 3 is 2.15 bits per heavy atom. The van der Waals surface area contributed by atoms with Gasteiger partial charge < -0.3 is 20.3 Å². The van der Waals surface area contributed by atoms with Crippen LogP contribution in [0.4, 0.5) is 11.5 Å². The van der Waals surface area contributed by atoms with Gasteiger partial charge in [0, 0.05) is 37.7 Å². The summed E-state index contributed by atoms with van der Waals surface area (Å²) in [6.07, 6.45) is 7.57. The average molecular weight is 538 g/mol. The van der Waals surface area contributed by atoms with Crippen LogP contribution < -0.4 is 15.5 Å². The Kier molecular flexibility index (Phi) is 10.2. The van der Waals surface area contributed by atoms with Gasteiger partial charge in [0.15, 0.2) is 0 Å². The van der Waals surface area contributed by atoms with Crippen LogP contribution in [0.5, 0.6) is 0 Å². The number of carbonyl (C=O) groups excluding carboxylic acids is 2. The number of piperidine rings is 1. The predicted octanol–water partition coefficient (Wildman–Crippen LogP) is 5.05. The zero-order chi connectivity index (χ0) is 28.2. The Labute approximate surface area is 235 Å². The molecule has 0 unspecified atom stereocenters. The van der Waals surface area contributed by atoms with Gasteiger partial charge in [-0.25, -0.2) is 9.98 Å². The van der Waals surface area contributed by atoms with Crippen LogP contribution in [0.15, 0.2) is 108 Å². The second-order valence-corrected chi connectivity index (χ2v) is 9.64. The fraction of sp³-hybridized carbons (Fsp3) is 0.250. The highest BCUT2D eigenvalue weighted by Crippen LogP contribution is 2.23. The Morgan fingerprint density at radius 1 is 0.950 bits per heavy atom. The number of benzene rings is 2. The summed E-state index contributed by atoms with van der Waals surface area (Å²) >= 11 is 0. The number of rotatable bonds is 11. The third kappa shape index (κ3) is 8.94. The standard InChI is InChI=1S/C32H35N5O3/c1-24(35-30(38)21-25-9-5-3-6-10-25)13-16-32(33-2)40-28-17-19-37(20-18-28)27-14-15-29(34-23-27)36-31(39)22-26-11-7-4-8-12-26/h3-16,23,28H,2,17-22H2,1H3,(H,35,38)(H,34,36,39)/b24-13+,32-16+. The molecule has 0 spiro atoms. The Balaban J connectivity index is 1.21. The van der Waals surface area contributed by atoms with Crippen molar-refractivity contribution in [3.8, 4) is 0 Å². The molecule has 8 nitrogen and oxygen atoms in total. The molecule has 4 rings (SSSR count). The molecular formula is C32H35N5O3. The van der Waals surface area contributed by atoms with Gasteiger partial charge in [-0.3, -0.25) is 9.59 Å². The highest BCUT2D eigenvalue weighted by molar-refractivity contribution is 5.91. The first-order chi connectivity index (χ1) is 19.5. The maximum Gasteiger partial charge on any atom is 0.229 e. The van der Waals surface area contributed by atoms with Gasteiger partial charge in [-0.2, -0.15) is 0 Å². The highest BCUT2D eigenvalue weighted by atomic mass is 16.5. The summed E-state index contributed by atoms with van der Waals surface area (Å²) in [5.41, 5.74) is 3.63. The van der Waals surface area contributed by atoms with Crippen molar-refractivity contribution in [3.63, 3.8) is 0 Å². The number of anilines is 2. The lowest BCUT2D eigenvalue weighted by molar-refractivity contribution is -0.119. The van der Waals surface area contributed by atoms with Gasteiger partial charge in [-0.05, 0) is 43.0 Å². The first-order valence-corrected chi connectivity index (χ1v) is 13.4.